The number of carboxylic acid groups (broad SMARTS) is 1. The van der Waals surface area contributed by atoms with E-state index < -0.39 is 12.0 Å². The highest BCUT2D eigenvalue weighted by molar-refractivity contribution is 6.31. The number of hydrogen-bond donors (Lipinski definition) is 2. The molecule has 0 saturated carbocycles. The second-order valence-corrected chi connectivity index (χ2v) is 4.50. The monoisotopic (exact) mass is 291 g/mol. The SMILES string of the molecule is CCCC(NC(C)c1ccccc1Cl)C(=O)O.Cl. The van der Waals surface area contributed by atoms with Gasteiger partial charge in [-0.1, -0.05) is 43.1 Å². The number of rotatable bonds is 6. The third-order valence-corrected chi connectivity index (χ3v) is 3.04. The summed E-state index contributed by atoms with van der Waals surface area (Å²) in [5, 5.41) is 12.8. The van der Waals surface area contributed by atoms with Crippen molar-refractivity contribution in [1.29, 1.82) is 0 Å². The van der Waals surface area contributed by atoms with Crippen LogP contribution in [0.3, 0.4) is 0 Å². The van der Waals surface area contributed by atoms with Crippen molar-refractivity contribution >= 4 is 30.0 Å². The molecule has 0 aliphatic rings. The molecule has 0 fully saturated rings. The molecule has 0 amide bonds. The molecule has 2 unspecified atom stereocenters. The molecule has 0 bridgehead atoms. The quantitative estimate of drug-likeness (QED) is 0.841. The minimum atomic E-state index is -0.814. The van der Waals surface area contributed by atoms with Gasteiger partial charge >= 0.3 is 5.97 Å². The van der Waals surface area contributed by atoms with Crippen LogP contribution >= 0.6 is 24.0 Å². The number of nitrogens with one attached hydrogen (secondary N) is 1. The molecule has 102 valence electrons. The molecule has 18 heavy (non-hydrogen) atoms. The van der Waals surface area contributed by atoms with Crippen molar-refractivity contribution in [2.45, 2.75) is 38.8 Å². The van der Waals surface area contributed by atoms with Gasteiger partial charge in [-0.15, -0.1) is 12.4 Å². The normalized spacial score (nSPS) is 13.5. The van der Waals surface area contributed by atoms with E-state index in [0.29, 0.717) is 11.4 Å². The van der Waals surface area contributed by atoms with Gasteiger partial charge in [-0.2, -0.15) is 0 Å². The van der Waals surface area contributed by atoms with Crippen LogP contribution in [0.15, 0.2) is 24.3 Å². The van der Waals surface area contributed by atoms with Crippen LogP contribution in [0.25, 0.3) is 0 Å². The molecule has 1 aromatic carbocycles. The van der Waals surface area contributed by atoms with Crippen LogP contribution in [-0.4, -0.2) is 17.1 Å². The molecule has 0 saturated heterocycles. The topological polar surface area (TPSA) is 49.3 Å². The number of carboxylic acids is 1. The summed E-state index contributed by atoms with van der Waals surface area (Å²) >= 11 is 6.07. The second kappa shape index (κ2) is 8.35. The van der Waals surface area contributed by atoms with Crippen LogP contribution in [0, 0.1) is 0 Å². The second-order valence-electron chi connectivity index (χ2n) is 4.09. The molecule has 5 heteroatoms. The Balaban J connectivity index is 0.00000289. The van der Waals surface area contributed by atoms with Gasteiger partial charge in [0.2, 0.25) is 0 Å². The summed E-state index contributed by atoms with van der Waals surface area (Å²) in [7, 11) is 0. The van der Waals surface area contributed by atoms with E-state index in [1.165, 1.54) is 0 Å². The molecule has 1 rings (SSSR count). The molecule has 0 aliphatic heterocycles. The van der Waals surface area contributed by atoms with Crippen molar-refractivity contribution in [2.24, 2.45) is 0 Å². The third kappa shape index (κ3) is 4.84. The maximum Gasteiger partial charge on any atom is 0.320 e. The van der Waals surface area contributed by atoms with E-state index >= 15 is 0 Å². The Hall–Kier alpha value is -0.770. The molecule has 1 aromatic rings. The number of aliphatic carboxylic acids is 1. The number of hydrogen-bond acceptors (Lipinski definition) is 2. The van der Waals surface area contributed by atoms with Crippen LogP contribution < -0.4 is 5.32 Å². The molecule has 2 atom stereocenters. The fraction of sp³-hybridized carbons (Fsp3) is 0.462. The predicted molar refractivity (Wildman–Crippen MR) is 76.6 cm³/mol. The van der Waals surface area contributed by atoms with Crippen LogP contribution in [-0.2, 0) is 4.79 Å². The Morgan fingerprint density at radius 2 is 2.06 bits per heavy atom. The van der Waals surface area contributed by atoms with Gasteiger partial charge in [0.1, 0.15) is 6.04 Å². The standard InChI is InChI=1S/C13H18ClNO2.ClH/c1-3-6-12(13(16)17)15-9(2)10-7-4-5-8-11(10)14;/h4-5,7-9,12,15H,3,6H2,1-2H3,(H,16,17);1H. The van der Waals surface area contributed by atoms with Crippen molar-refractivity contribution in [1.82, 2.24) is 5.32 Å². The Labute approximate surface area is 119 Å². The Bertz CT molecular complexity index is 385. The smallest absolute Gasteiger partial charge is 0.320 e. The van der Waals surface area contributed by atoms with Gasteiger partial charge in [0, 0.05) is 11.1 Å². The molecular formula is C13H19Cl2NO2. The van der Waals surface area contributed by atoms with E-state index in [0.717, 1.165) is 12.0 Å². The average Bonchev–Trinajstić information content (AvgIpc) is 2.28. The van der Waals surface area contributed by atoms with Gasteiger partial charge in [0.25, 0.3) is 0 Å². The Morgan fingerprint density at radius 1 is 1.44 bits per heavy atom. The molecule has 0 spiro atoms. The first-order chi connectivity index (χ1) is 8.06. The van der Waals surface area contributed by atoms with Crippen molar-refractivity contribution in [3.63, 3.8) is 0 Å². The van der Waals surface area contributed by atoms with E-state index in [1.54, 1.807) is 0 Å². The van der Waals surface area contributed by atoms with Crippen LogP contribution in [0.1, 0.15) is 38.3 Å². The average molecular weight is 292 g/mol. The first-order valence-electron chi connectivity index (χ1n) is 5.79. The summed E-state index contributed by atoms with van der Waals surface area (Å²) in [6.07, 6.45) is 1.45. The highest BCUT2D eigenvalue weighted by Crippen LogP contribution is 2.22. The van der Waals surface area contributed by atoms with Gasteiger partial charge in [-0.25, -0.2) is 0 Å². The van der Waals surface area contributed by atoms with Gasteiger partial charge in [-0.05, 0) is 25.0 Å². The lowest BCUT2D eigenvalue weighted by Gasteiger charge is -2.20. The lowest BCUT2D eigenvalue weighted by molar-refractivity contribution is -0.139. The zero-order valence-corrected chi connectivity index (χ0v) is 12.1. The maximum absolute atomic E-state index is 11.0. The van der Waals surface area contributed by atoms with Crippen LogP contribution in [0.2, 0.25) is 5.02 Å². The maximum atomic E-state index is 11.0. The highest BCUT2D eigenvalue weighted by Gasteiger charge is 2.19. The van der Waals surface area contributed by atoms with E-state index in [9.17, 15) is 4.79 Å². The summed E-state index contributed by atoms with van der Waals surface area (Å²) in [6.45, 7) is 3.89. The molecule has 0 aromatic heterocycles. The summed E-state index contributed by atoms with van der Waals surface area (Å²) in [5.41, 5.74) is 0.927. The van der Waals surface area contributed by atoms with Gasteiger partial charge in [0.05, 0.1) is 0 Å². The van der Waals surface area contributed by atoms with Gasteiger partial charge in [0.15, 0.2) is 0 Å². The van der Waals surface area contributed by atoms with Crippen molar-refractivity contribution < 1.29 is 9.90 Å². The lowest BCUT2D eigenvalue weighted by Crippen LogP contribution is -2.38. The van der Waals surface area contributed by atoms with E-state index in [4.69, 9.17) is 16.7 Å². The fourth-order valence-corrected chi connectivity index (χ4v) is 2.08. The Morgan fingerprint density at radius 3 is 2.56 bits per heavy atom. The first-order valence-corrected chi connectivity index (χ1v) is 6.17. The summed E-state index contributed by atoms with van der Waals surface area (Å²) < 4.78 is 0. The molecule has 2 N–H and O–H groups in total. The van der Waals surface area contributed by atoms with Gasteiger partial charge < -0.3 is 5.11 Å². The highest BCUT2D eigenvalue weighted by atomic mass is 35.5. The predicted octanol–water partition coefficient (Wildman–Crippen LogP) is 3.67. The van der Waals surface area contributed by atoms with Crippen LogP contribution in [0.5, 0.6) is 0 Å². The molecule has 0 aliphatic carbocycles. The van der Waals surface area contributed by atoms with E-state index in [2.05, 4.69) is 5.32 Å². The number of carbonyl (C=O) groups is 1. The lowest BCUT2D eigenvalue weighted by atomic mass is 10.1. The van der Waals surface area contributed by atoms with E-state index in [-0.39, 0.29) is 18.4 Å². The fourth-order valence-electron chi connectivity index (χ4n) is 1.78. The number of benzene rings is 1. The molecule has 0 heterocycles. The Kier molecular flexibility index (Phi) is 8.00. The van der Waals surface area contributed by atoms with Gasteiger partial charge in [-0.3, -0.25) is 10.1 Å². The molecule has 0 radical (unpaired) electrons. The van der Waals surface area contributed by atoms with Crippen molar-refractivity contribution in [3.8, 4) is 0 Å². The molecule has 3 nitrogen and oxygen atoms in total. The summed E-state index contributed by atoms with van der Waals surface area (Å²) in [5.74, 6) is -0.814. The zero-order chi connectivity index (χ0) is 12.8. The minimum absolute atomic E-state index is 0. The largest absolute Gasteiger partial charge is 0.480 e. The van der Waals surface area contributed by atoms with Crippen molar-refractivity contribution in [2.75, 3.05) is 0 Å². The summed E-state index contributed by atoms with van der Waals surface area (Å²) in [4.78, 5) is 11.0. The van der Waals surface area contributed by atoms with E-state index in [1.807, 2.05) is 38.1 Å². The number of halogens is 2. The third-order valence-electron chi connectivity index (χ3n) is 2.70. The van der Waals surface area contributed by atoms with Crippen LogP contribution in [0.4, 0.5) is 0 Å². The zero-order valence-electron chi connectivity index (χ0n) is 10.5. The van der Waals surface area contributed by atoms with Crippen molar-refractivity contribution in [3.05, 3.63) is 34.9 Å². The molecular weight excluding hydrogens is 273 g/mol. The minimum Gasteiger partial charge on any atom is -0.480 e. The first kappa shape index (κ1) is 17.2. The summed E-state index contributed by atoms with van der Waals surface area (Å²) in [6, 6.07) is 6.88.